The second-order valence-corrected chi connectivity index (χ2v) is 4.35. The van der Waals surface area contributed by atoms with E-state index >= 15 is 0 Å². The number of aromatic amines is 1. The Labute approximate surface area is 105 Å². The van der Waals surface area contributed by atoms with Gasteiger partial charge in [0.15, 0.2) is 0 Å². The number of hydrogen-bond acceptors (Lipinski definition) is 3. The highest BCUT2D eigenvalue weighted by Gasteiger charge is 2.08. The highest BCUT2D eigenvalue weighted by Crippen LogP contribution is 2.19. The summed E-state index contributed by atoms with van der Waals surface area (Å²) < 4.78 is 0. The Hall–Kier alpha value is -2.20. The van der Waals surface area contributed by atoms with Crippen molar-refractivity contribution in [1.82, 2.24) is 15.0 Å². The zero-order valence-electron chi connectivity index (χ0n) is 9.88. The molecule has 18 heavy (non-hydrogen) atoms. The van der Waals surface area contributed by atoms with Gasteiger partial charge in [0.1, 0.15) is 5.65 Å². The van der Waals surface area contributed by atoms with Crippen LogP contribution in [0.2, 0.25) is 0 Å². The molecule has 3 aromatic rings. The first kappa shape index (κ1) is 10.9. The van der Waals surface area contributed by atoms with Crippen molar-refractivity contribution in [3.63, 3.8) is 0 Å². The average Bonchev–Trinajstić information content (AvgIpc) is 2.87. The molecule has 0 aromatic carbocycles. The molecule has 0 saturated heterocycles. The topological polar surface area (TPSA) is 67.6 Å². The molecule has 0 radical (unpaired) electrons. The second-order valence-electron chi connectivity index (χ2n) is 4.35. The summed E-state index contributed by atoms with van der Waals surface area (Å²) in [7, 11) is 0. The molecular weight excluding hydrogens is 224 g/mol. The molecule has 0 bridgehead atoms. The van der Waals surface area contributed by atoms with Crippen LogP contribution in [0.3, 0.4) is 0 Å². The fourth-order valence-corrected chi connectivity index (χ4v) is 2.05. The van der Waals surface area contributed by atoms with Gasteiger partial charge in [0, 0.05) is 36.2 Å². The monoisotopic (exact) mass is 238 g/mol. The Morgan fingerprint density at radius 3 is 2.89 bits per heavy atom. The van der Waals surface area contributed by atoms with E-state index in [9.17, 15) is 0 Å². The van der Waals surface area contributed by atoms with E-state index in [4.69, 9.17) is 5.73 Å². The van der Waals surface area contributed by atoms with Crippen molar-refractivity contribution in [2.75, 3.05) is 0 Å². The molecule has 0 aliphatic heterocycles. The number of rotatable bonds is 3. The number of nitrogens with one attached hydrogen (secondary N) is 1. The van der Waals surface area contributed by atoms with Crippen molar-refractivity contribution in [2.45, 2.75) is 12.5 Å². The summed E-state index contributed by atoms with van der Waals surface area (Å²) in [6.07, 6.45) is 8.09. The molecule has 0 fully saturated rings. The highest BCUT2D eigenvalue weighted by atomic mass is 14.8. The van der Waals surface area contributed by atoms with E-state index in [1.54, 1.807) is 12.4 Å². The normalized spacial score (nSPS) is 12.7. The second kappa shape index (κ2) is 4.58. The summed E-state index contributed by atoms with van der Waals surface area (Å²) in [6.45, 7) is 0. The van der Waals surface area contributed by atoms with Gasteiger partial charge < -0.3 is 10.7 Å². The first-order valence-electron chi connectivity index (χ1n) is 5.90. The molecule has 0 unspecified atom stereocenters. The van der Waals surface area contributed by atoms with Crippen LogP contribution < -0.4 is 5.73 Å². The van der Waals surface area contributed by atoms with Crippen molar-refractivity contribution < 1.29 is 0 Å². The van der Waals surface area contributed by atoms with Crippen LogP contribution in [0, 0.1) is 0 Å². The Kier molecular flexibility index (Phi) is 2.78. The van der Waals surface area contributed by atoms with E-state index < -0.39 is 0 Å². The Morgan fingerprint density at radius 1 is 1.22 bits per heavy atom. The van der Waals surface area contributed by atoms with Gasteiger partial charge in [-0.3, -0.25) is 4.98 Å². The van der Waals surface area contributed by atoms with Crippen molar-refractivity contribution in [3.8, 4) is 0 Å². The van der Waals surface area contributed by atoms with E-state index in [0.29, 0.717) is 0 Å². The van der Waals surface area contributed by atoms with Gasteiger partial charge in [0.2, 0.25) is 0 Å². The van der Waals surface area contributed by atoms with Crippen molar-refractivity contribution in [3.05, 3.63) is 60.2 Å². The van der Waals surface area contributed by atoms with E-state index in [1.165, 1.54) is 5.56 Å². The van der Waals surface area contributed by atoms with Gasteiger partial charge in [0.25, 0.3) is 0 Å². The number of fused-ring (bicyclic) bond motifs is 1. The third-order valence-corrected chi connectivity index (χ3v) is 3.05. The van der Waals surface area contributed by atoms with Crippen LogP contribution in [0.4, 0.5) is 0 Å². The van der Waals surface area contributed by atoms with Crippen molar-refractivity contribution in [1.29, 1.82) is 0 Å². The van der Waals surface area contributed by atoms with Gasteiger partial charge in [-0.1, -0.05) is 0 Å². The van der Waals surface area contributed by atoms with Crippen molar-refractivity contribution in [2.24, 2.45) is 5.73 Å². The lowest BCUT2D eigenvalue weighted by Crippen LogP contribution is -2.13. The van der Waals surface area contributed by atoms with Gasteiger partial charge >= 0.3 is 0 Å². The van der Waals surface area contributed by atoms with Crippen LogP contribution in [0.15, 0.2) is 49.1 Å². The summed E-state index contributed by atoms with van der Waals surface area (Å²) in [5.74, 6) is 0. The zero-order valence-corrected chi connectivity index (χ0v) is 9.88. The van der Waals surface area contributed by atoms with Crippen LogP contribution in [0.1, 0.15) is 17.2 Å². The summed E-state index contributed by atoms with van der Waals surface area (Å²) in [5.41, 5.74) is 9.36. The van der Waals surface area contributed by atoms with Crippen LogP contribution in [0.5, 0.6) is 0 Å². The summed E-state index contributed by atoms with van der Waals surface area (Å²) in [6, 6.07) is 8.03. The average molecular weight is 238 g/mol. The first-order chi connectivity index (χ1) is 8.83. The van der Waals surface area contributed by atoms with Crippen LogP contribution in [0.25, 0.3) is 11.0 Å². The molecule has 3 aromatic heterocycles. The largest absolute Gasteiger partial charge is 0.346 e. The molecular formula is C14H14N4. The van der Waals surface area contributed by atoms with Crippen molar-refractivity contribution >= 4 is 11.0 Å². The summed E-state index contributed by atoms with van der Waals surface area (Å²) in [4.78, 5) is 11.4. The fourth-order valence-electron chi connectivity index (χ4n) is 2.05. The zero-order chi connectivity index (χ0) is 12.4. The first-order valence-corrected chi connectivity index (χ1v) is 5.90. The quantitative estimate of drug-likeness (QED) is 0.735. The molecule has 0 spiro atoms. The lowest BCUT2D eigenvalue weighted by molar-refractivity contribution is 0.719. The Balaban J connectivity index is 1.85. The maximum Gasteiger partial charge on any atom is 0.137 e. The minimum atomic E-state index is -0.0424. The smallest absolute Gasteiger partial charge is 0.137 e. The highest BCUT2D eigenvalue weighted by molar-refractivity contribution is 5.75. The molecule has 1 atom stereocenters. The summed E-state index contributed by atoms with van der Waals surface area (Å²) >= 11 is 0. The molecule has 0 aliphatic carbocycles. The van der Waals surface area contributed by atoms with Gasteiger partial charge in [0.05, 0.1) is 0 Å². The van der Waals surface area contributed by atoms with Gasteiger partial charge in [-0.05, 0) is 41.8 Å². The molecule has 4 nitrogen and oxygen atoms in total. The predicted molar refractivity (Wildman–Crippen MR) is 71.0 cm³/mol. The molecule has 0 amide bonds. The van der Waals surface area contributed by atoms with E-state index in [1.807, 2.05) is 30.6 Å². The molecule has 0 aliphatic rings. The SMILES string of the molecule is N[C@H](Cc1ccncc1)c1cnc2[nH]ccc2c1. The number of nitrogens with zero attached hydrogens (tertiary/aromatic N) is 2. The maximum absolute atomic E-state index is 6.22. The maximum atomic E-state index is 6.22. The number of pyridine rings is 2. The minimum Gasteiger partial charge on any atom is -0.346 e. The van der Waals surface area contributed by atoms with Gasteiger partial charge in [-0.25, -0.2) is 4.98 Å². The van der Waals surface area contributed by atoms with Gasteiger partial charge in [-0.15, -0.1) is 0 Å². The number of H-pyrrole nitrogens is 1. The van der Waals surface area contributed by atoms with E-state index in [2.05, 4.69) is 21.0 Å². The minimum absolute atomic E-state index is 0.0424. The number of nitrogens with two attached hydrogens (primary N) is 1. The standard InChI is InChI=1S/C14H14N4/c15-13(7-10-1-4-16-5-2-10)12-8-11-3-6-17-14(11)18-9-12/h1-6,8-9,13H,7,15H2,(H,17,18)/t13-/m1/s1. The van der Waals surface area contributed by atoms with Crippen LogP contribution in [-0.2, 0) is 6.42 Å². The molecule has 3 N–H and O–H groups in total. The van der Waals surface area contributed by atoms with E-state index in [0.717, 1.165) is 23.0 Å². The fraction of sp³-hybridized carbons (Fsp3) is 0.143. The van der Waals surface area contributed by atoms with Crippen LogP contribution in [-0.4, -0.2) is 15.0 Å². The summed E-state index contributed by atoms with van der Waals surface area (Å²) in [5, 5.41) is 1.10. The molecule has 3 heterocycles. The number of hydrogen-bond donors (Lipinski definition) is 2. The van der Waals surface area contributed by atoms with Crippen LogP contribution >= 0.6 is 0 Å². The number of aromatic nitrogens is 3. The lowest BCUT2D eigenvalue weighted by Gasteiger charge is -2.11. The molecule has 90 valence electrons. The molecule has 4 heteroatoms. The lowest BCUT2D eigenvalue weighted by atomic mass is 10.0. The third-order valence-electron chi connectivity index (χ3n) is 3.05. The Bertz CT molecular complexity index is 645. The molecule has 3 rings (SSSR count). The predicted octanol–water partition coefficient (Wildman–Crippen LogP) is 2.20. The van der Waals surface area contributed by atoms with Gasteiger partial charge in [-0.2, -0.15) is 0 Å². The van der Waals surface area contributed by atoms with E-state index in [-0.39, 0.29) is 6.04 Å². The molecule has 0 saturated carbocycles. The third kappa shape index (κ3) is 2.10. The Morgan fingerprint density at radius 2 is 2.06 bits per heavy atom.